The summed E-state index contributed by atoms with van der Waals surface area (Å²) in [7, 11) is 2.39. The van der Waals surface area contributed by atoms with Crippen LogP contribution in [0, 0.1) is 0 Å². The van der Waals surface area contributed by atoms with Crippen LogP contribution in [0.15, 0.2) is 30.1 Å². The Labute approximate surface area is 260 Å². The fourth-order valence-corrected chi connectivity index (χ4v) is 7.80. The van der Waals surface area contributed by atoms with Gasteiger partial charge in [0.1, 0.15) is 0 Å². The molecule has 2 aliphatic carbocycles. The van der Waals surface area contributed by atoms with Crippen LogP contribution >= 0.6 is 0 Å². The normalized spacial score (nSPS) is 22.6. The Kier molecular flexibility index (Phi) is 14.0. The van der Waals surface area contributed by atoms with Crippen molar-refractivity contribution >= 4 is 70.0 Å². The number of H-pyrrole nitrogens is 1. The molecule has 2 unspecified atom stereocenters. The van der Waals surface area contributed by atoms with Crippen LogP contribution in [-0.4, -0.2) is 57.9 Å². The molecule has 216 valence electrons. The summed E-state index contributed by atoms with van der Waals surface area (Å²) >= 11 is 0. The van der Waals surface area contributed by atoms with Gasteiger partial charge in [0.15, 0.2) is 0 Å². The molecule has 0 spiro atoms. The van der Waals surface area contributed by atoms with E-state index in [-0.39, 0.29) is 0 Å². The molecule has 2 atom stereocenters. The quantitative estimate of drug-likeness (QED) is 0.349. The van der Waals surface area contributed by atoms with Gasteiger partial charge in [0, 0.05) is 0 Å². The van der Waals surface area contributed by atoms with Crippen LogP contribution in [0.1, 0.15) is 134 Å². The number of rotatable bonds is 6. The van der Waals surface area contributed by atoms with Crippen LogP contribution in [-0.2, 0) is 0 Å². The first-order valence-corrected chi connectivity index (χ1v) is 18.0. The van der Waals surface area contributed by atoms with Crippen molar-refractivity contribution in [1.82, 2.24) is 9.97 Å². The zero-order chi connectivity index (χ0) is 28.7. The van der Waals surface area contributed by atoms with Gasteiger partial charge in [0.05, 0.1) is 0 Å². The molecule has 0 saturated heterocycles. The van der Waals surface area contributed by atoms with E-state index in [9.17, 15) is 0 Å². The van der Waals surface area contributed by atoms with Crippen molar-refractivity contribution in [3.8, 4) is 0 Å². The molecular weight excluding hydrogens is 501 g/mol. The number of nitrogens with zero attached hydrogens (tertiary/aromatic N) is 1. The van der Waals surface area contributed by atoms with Gasteiger partial charge in [-0.15, -0.1) is 0 Å². The molecule has 0 amide bonds. The average Bonchev–Trinajstić information content (AvgIpc) is 3.43. The molecule has 0 radical (unpaired) electrons. The van der Waals surface area contributed by atoms with Gasteiger partial charge in [0.25, 0.3) is 0 Å². The molecule has 2 aromatic heterocycles. The van der Waals surface area contributed by atoms with Crippen molar-refractivity contribution in [3.63, 3.8) is 0 Å². The Morgan fingerprint density at radius 1 is 0.714 bits per heavy atom. The summed E-state index contributed by atoms with van der Waals surface area (Å²) in [6, 6.07) is 9.11. The first-order chi connectivity index (χ1) is 20.8. The Morgan fingerprint density at radius 2 is 1.26 bits per heavy atom. The molecule has 1 N–H and O–H groups in total. The van der Waals surface area contributed by atoms with Crippen molar-refractivity contribution in [1.29, 1.82) is 0 Å². The Morgan fingerprint density at radius 3 is 1.86 bits per heavy atom. The fourth-order valence-electron chi connectivity index (χ4n) is 7.80. The van der Waals surface area contributed by atoms with Crippen LogP contribution in [0.5, 0.6) is 0 Å². The summed E-state index contributed by atoms with van der Waals surface area (Å²) in [5.41, 5.74) is 5.85. The molecular formula is C34H52B6N2. The number of hydrogen-bond acceptors (Lipinski definition) is 1. The number of aromatic nitrogens is 2. The predicted molar refractivity (Wildman–Crippen MR) is 195 cm³/mol. The second-order valence-electron chi connectivity index (χ2n) is 13.9. The first kappa shape index (κ1) is 32.0. The maximum absolute atomic E-state index is 4.75. The third-order valence-electron chi connectivity index (χ3n) is 10.4. The molecule has 3 aromatic rings. The summed E-state index contributed by atoms with van der Waals surface area (Å²) < 4.78 is 0. The van der Waals surface area contributed by atoms with E-state index in [2.05, 4.69) is 68.5 Å². The molecule has 2 aliphatic rings. The average molecular weight is 554 g/mol. The minimum atomic E-state index is 0.736. The summed E-state index contributed by atoms with van der Waals surface area (Å²) in [5, 5.41) is 0. The molecule has 2 saturated carbocycles. The van der Waals surface area contributed by atoms with Gasteiger partial charge >= 0.3 is 242 Å². The molecule has 2 fully saturated rings. The molecule has 2 nitrogen and oxygen atoms in total. The van der Waals surface area contributed by atoms with Crippen LogP contribution in [0.4, 0.5) is 0 Å². The standard InChI is InChI=1S/C34H52B6N2/c1-2-4-10-17-29(18-11-5-3-1)38-30-19-12-7-6-9-15-28(16-13-8-14-20-30)35-25-27-21-23-31(24-22-27)39-34-41-32-33(42-34)40-37-26-36-32/h21-26,28-30,38-39H,1-20H2,(H,41,42). The van der Waals surface area contributed by atoms with E-state index in [0.717, 1.165) is 41.3 Å². The van der Waals surface area contributed by atoms with E-state index in [0.29, 0.717) is 0 Å². The van der Waals surface area contributed by atoms with Gasteiger partial charge in [0.2, 0.25) is 0 Å². The Bertz CT molecular complexity index is 1150. The third kappa shape index (κ3) is 11.2. The van der Waals surface area contributed by atoms with Gasteiger partial charge in [-0.2, -0.15) is 0 Å². The third-order valence-corrected chi connectivity index (χ3v) is 10.4. The van der Waals surface area contributed by atoms with E-state index < -0.39 is 0 Å². The topological polar surface area (TPSA) is 28.7 Å². The number of benzene rings is 1. The van der Waals surface area contributed by atoms with Crippen molar-refractivity contribution in [2.45, 2.75) is 146 Å². The Balaban J connectivity index is 1.07. The molecule has 42 heavy (non-hydrogen) atoms. The summed E-state index contributed by atoms with van der Waals surface area (Å²) in [5.74, 6) is 7.22. The van der Waals surface area contributed by atoms with Crippen LogP contribution in [0.25, 0.3) is 10.8 Å². The predicted octanol–water partition coefficient (Wildman–Crippen LogP) is 6.45. The van der Waals surface area contributed by atoms with E-state index in [4.69, 9.17) is 4.98 Å². The fraction of sp³-hybridized carbons (Fsp3) is 0.676. The molecule has 1 aromatic carbocycles. The zero-order valence-electron chi connectivity index (χ0n) is 26.5. The van der Waals surface area contributed by atoms with Crippen LogP contribution in [0.2, 0.25) is 17.5 Å². The maximum atomic E-state index is 4.75. The summed E-state index contributed by atoms with van der Waals surface area (Å²) in [6.07, 6.45) is 29.3. The molecule has 0 aliphatic heterocycles. The van der Waals surface area contributed by atoms with E-state index in [1.807, 2.05) is 0 Å². The van der Waals surface area contributed by atoms with E-state index in [1.54, 1.807) is 7.28 Å². The second kappa shape index (κ2) is 18.4. The number of nitrogens with one attached hydrogen (secondary N) is 1. The van der Waals surface area contributed by atoms with E-state index >= 15 is 0 Å². The summed E-state index contributed by atoms with van der Waals surface area (Å²) in [6.45, 7) is 8.76. The van der Waals surface area contributed by atoms with Crippen molar-refractivity contribution in [2.24, 2.45) is 0 Å². The number of hydrogen-bond donors (Lipinski definition) is 1. The van der Waals surface area contributed by atoms with Crippen molar-refractivity contribution < 1.29 is 0 Å². The Hall–Kier alpha value is -1.44. The first-order valence-electron chi connectivity index (χ1n) is 18.0. The number of aromatic amines is 1. The summed E-state index contributed by atoms with van der Waals surface area (Å²) in [4.78, 5) is 8.21. The van der Waals surface area contributed by atoms with Crippen LogP contribution in [0.3, 0.4) is 0 Å². The SMILES string of the molecule is B(=C\c1ccc(Bc2nc3bbcbc3[nH]2)cc1)/C1CCCCCCC(BC2CCCCCCCCC2)CCCCC1. The van der Waals surface area contributed by atoms with Gasteiger partial charge in [-0.05, 0) is 0 Å². The molecule has 5 rings (SSSR count). The number of imidazole rings is 1. The number of fused-ring (bicyclic) bond motifs is 1. The van der Waals surface area contributed by atoms with Crippen molar-refractivity contribution in [2.75, 3.05) is 0 Å². The van der Waals surface area contributed by atoms with Gasteiger partial charge in [-0.25, -0.2) is 0 Å². The van der Waals surface area contributed by atoms with Gasteiger partial charge in [-0.1, -0.05) is 19.3 Å². The van der Waals surface area contributed by atoms with Crippen LogP contribution < -0.4 is 11.2 Å². The second-order valence-corrected chi connectivity index (χ2v) is 13.9. The minimum absolute atomic E-state index is 0.736. The zero-order valence-corrected chi connectivity index (χ0v) is 26.5. The molecule has 0 bridgehead atoms. The monoisotopic (exact) mass is 554 g/mol. The van der Waals surface area contributed by atoms with E-state index in [1.165, 1.54) is 139 Å². The molecule has 8 heteroatoms. The van der Waals surface area contributed by atoms with Crippen molar-refractivity contribution in [3.05, 3.63) is 35.7 Å². The van der Waals surface area contributed by atoms with Gasteiger partial charge in [-0.3, -0.25) is 0 Å². The van der Waals surface area contributed by atoms with Gasteiger partial charge < -0.3 is 0 Å². The molecule has 2 heterocycles.